The van der Waals surface area contributed by atoms with Gasteiger partial charge in [-0.05, 0) is 25.0 Å². The van der Waals surface area contributed by atoms with Crippen molar-refractivity contribution in [3.05, 3.63) is 23.8 Å². The number of hydrogen-bond acceptors (Lipinski definition) is 4. The number of nitrogens with two attached hydrogens (primary N) is 1. The minimum Gasteiger partial charge on any atom is -0.495 e. The topological polar surface area (TPSA) is 64.8 Å². The largest absolute Gasteiger partial charge is 0.495 e. The van der Waals surface area contributed by atoms with Gasteiger partial charge in [0.25, 0.3) is 5.91 Å². The lowest BCUT2D eigenvalue weighted by molar-refractivity contribution is 0.0351. The van der Waals surface area contributed by atoms with E-state index in [1.165, 1.54) is 0 Å². The smallest absolute Gasteiger partial charge is 0.256 e. The number of ether oxygens (including phenoxy) is 2. The van der Waals surface area contributed by atoms with E-state index < -0.39 is 0 Å². The molecule has 1 amide bonds. The number of nitrogens with zero attached hydrogens (tertiary/aromatic N) is 1. The summed E-state index contributed by atoms with van der Waals surface area (Å²) in [6, 6.07) is 5.27. The third-order valence-electron chi connectivity index (χ3n) is 3.58. The molecule has 0 spiro atoms. The van der Waals surface area contributed by atoms with Crippen LogP contribution in [-0.2, 0) is 4.74 Å². The number of methoxy groups -OCH3 is 2. The first-order chi connectivity index (χ1) is 9.17. The monoisotopic (exact) mass is 264 g/mol. The SMILES string of the molecule is COc1cccc(C(=O)N2CCC(OC)CC2)c1N. The standard InChI is InChI=1S/C14H20N2O3/c1-18-10-6-8-16(9-7-10)14(17)11-4-3-5-12(19-2)13(11)15/h3-5,10H,6-9,15H2,1-2H3. The zero-order chi connectivity index (χ0) is 13.8. The predicted octanol–water partition coefficient (Wildman–Crippen LogP) is 1.53. The maximum atomic E-state index is 12.4. The Morgan fingerprint density at radius 3 is 2.58 bits per heavy atom. The van der Waals surface area contributed by atoms with Gasteiger partial charge in [0.1, 0.15) is 5.75 Å². The molecular formula is C14H20N2O3. The molecule has 1 aliphatic rings. The van der Waals surface area contributed by atoms with Gasteiger partial charge in [-0.15, -0.1) is 0 Å². The highest BCUT2D eigenvalue weighted by atomic mass is 16.5. The number of rotatable bonds is 3. The van der Waals surface area contributed by atoms with Crippen LogP contribution in [0.25, 0.3) is 0 Å². The lowest BCUT2D eigenvalue weighted by Gasteiger charge is -2.31. The minimum atomic E-state index is -0.0362. The van der Waals surface area contributed by atoms with Crippen LogP contribution in [0.5, 0.6) is 5.75 Å². The van der Waals surface area contributed by atoms with Gasteiger partial charge in [-0.1, -0.05) is 6.07 Å². The normalized spacial score (nSPS) is 16.4. The fraction of sp³-hybridized carbons (Fsp3) is 0.500. The first-order valence-electron chi connectivity index (χ1n) is 6.42. The van der Waals surface area contributed by atoms with Crippen LogP contribution in [0.3, 0.4) is 0 Å². The minimum absolute atomic E-state index is 0.0362. The second-order valence-corrected chi connectivity index (χ2v) is 4.65. The van der Waals surface area contributed by atoms with Crippen molar-refractivity contribution in [2.24, 2.45) is 0 Å². The number of carbonyl (C=O) groups excluding carboxylic acids is 1. The van der Waals surface area contributed by atoms with E-state index in [0.29, 0.717) is 30.1 Å². The zero-order valence-corrected chi connectivity index (χ0v) is 11.4. The molecule has 5 heteroatoms. The maximum absolute atomic E-state index is 12.4. The number of nitrogen functional groups attached to an aromatic ring is 1. The van der Waals surface area contributed by atoms with E-state index in [2.05, 4.69) is 0 Å². The number of anilines is 1. The Morgan fingerprint density at radius 1 is 1.32 bits per heavy atom. The third-order valence-corrected chi connectivity index (χ3v) is 3.58. The van der Waals surface area contributed by atoms with E-state index in [-0.39, 0.29) is 12.0 Å². The number of hydrogen-bond donors (Lipinski definition) is 1. The van der Waals surface area contributed by atoms with E-state index in [4.69, 9.17) is 15.2 Å². The van der Waals surface area contributed by atoms with Crippen molar-refractivity contribution in [3.63, 3.8) is 0 Å². The van der Waals surface area contributed by atoms with Crippen molar-refractivity contribution >= 4 is 11.6 Å². The summed E-state index contributed by atoms with van der Waals surface area (Å²) in [5.41, 5.74) is 6.87. The number of piperidine rings is 1. The molecule has 1 heterocycles. The summed E-state index contributed by atoms with van der Waals surface area (Å²) in [5, 5.41) is 0. The lowest BCUT2D eigenvalue weighted by Crippen LogP contribution is -2.40. The molecule has 0 aromatic heterocycles. The third kappa shape index (κ3) is 2.81. The Morgan fingerprint density at radius 2 is 2.00 bits per heavy atom. The molecule has 0 bridgehead atoms. The Kier molecular flexibility index (Phi) is 4.27. The number of benzene rings is 1. The van der Waals surface area contributed by atoms with Crippen molar-refractivity contribution in [2.75, 3.05) is 33.0 Å². The van der Waals surface area contributed by atoms with Crippen molar-refractivity contribution < 1.29 is 14.3 Å². The van der Waals surface area contributed by atoms with Crippen LogP contribution in [0, 0.1) is 0 Å². The molecule has 1 saturated heterocycles. The fourth-order valence-electron chi connectivity index (χ4n) is 2.37. The number of para-hydroxylation sites is 1. The van der Waals surface area contributed by atoms with Gasteiger partial charge in [-0.3, -0.25) is 4.79 Å². The summed E-state index contributed by atoms with van der Waals surface area (Å²) in [6.45, 7) is 1.40. The molecule has 1 aliphatic heterocycles. The molecule has 19 heavy (non-hydrogen) atoms. The summed E-state index contributed by atoms with van der Waals surface area (Å²) in [7, 11) is 3.26. The van der Waals surface area contributed by atoms with Gasteiger partial charge in [0.15, 0.2) is 0 Å². The molecule has 1 aromatic rings. The maximum Gasteiger partial charge on any atom is 0.256 e. The lowest BCUT2D eigenvalue weighted by atomic mass is 10.1. The molecule has 0 saturated carbocycles. The quantitative estimate of drug-likeness (QED) is 0.841. The summed E-state index contributed by atoms with van der Waals surface area (Å²) < 4.78 is 10.4. The van der Waals surface area contributed by atoms with Gasteiger partial charge in [0.05, 0.1) is 24.5 Å². The highest BCUT2D eigenvalue weighted by Gasteiger charge is 2.25. The average molecular weight is 264 g/mol. The van der Waals surface area contributed by atoms with E-state index >= 15 is 0 Å². The summed E-state index contributed by atoms with van der Waals surface area (Å²) in [6.07, 6.45) is 1.99. The molecule has 104 valence electrons. The molecule has 0 unspecified atom stereocenters. The van der Waals surface area contributed by atoms with Crippen molar-refractivity contribution in [2.45, 2.75) is 18.9 Å². The van der Waals surface area contributed by atoms with Crippen LogP contribution < -0.4 is 10.5 Å². The first kappa shape index (κ1) is 13.7. The second kappa shape index (κ2) is 5.93. The first-order valence-corrected chi connectivity index (χ1v) is 6.42. The summed E-state index contributed by atoms with van der Waals surface area (Å²) >= 11 is 0. The number of carbonyl (C=O) groups is 1. The van der Waals surface area contributed by atoms with Gasteiger partial charge in [-0.25, -0.2) is 0 Å². The van der Waals surface area contributed by atoms with E-state index in [1.54, 1.807) is 32.4 Å². The molecule has 0 radical (unpaired) electrons. The highest BCUT2D eigenvalue weighted by molar-refractivity contribution is 6.00. The zero-order valence-electron chi connectivity index (χ0n) is 11.4. The van der Waals surface area contributed by atoms with Crippen LogP contribution in [0.4, 0.5) is 5.69 Å². The van der Waals surface area contributed by atoms with Gasteiger partial charge >= 0.3 is 0 Å². The van der Waals surface area contributed by atoms with E-state index in [9.17, 15) is 4.79 Å². The molecular weight excluding hydrogens is 244 g/mol. The Balaban J connectivity index is 2.12. The molecule has 0 aliphatic carbocycles. The van der Waals surface area contributed by atoms with Gasteiger partial charge < -0.3 is 20.1 Å². The summed E-state index contributed by atoms with van der Waals surface area (Å²) in [5.74, 6) is 0.503. The number of amides is 1. The molecule has 1 aromatic carbocycles. The summed E-state index contributed by atoms with van der Waals surface area (Å²) in [4.78, 5) is 14.3. The Hall–Kier alpha value is -1.75. The van der Waals surface area contributed by atoms with Crippen molar-refractivity contribution in [1.29, 1.82) is 0 Å². The van der Waals surface area contributed by atoms with Crippen LogP contribution in [0.15, 0.2) is 18.2 Å². The molecule has 5 nitrogen and oxygen atoms in total. The molecule has 2 rings (SSSR count). The van der Waals surface area contributed by atoms with Gasteiger partial charge in [0, 0.05) is 20.2 Å². The molecule has 1 fully saturated rings. The predicted molar refractivity (Wildman–Crippen MR) is 73.3 cm³/mol. The van der Waals surface area contributed by atoms with Crippen molar-refractivity contribution in [3.8, 4) is 5.75 Å². The van der Waals surface area contributed by atoms with E-state index in [0.717, 1.165) is 12.8 Å². The molecule has 2 N–H and O–H groups in total. The van der Waals surface area contributed by atoms with Crippen LogP contribution in [-0.4, -0.2) is 44.2 Å². The molecule has 0 atom stereocenters. The Bertz CT molecular complexity index is 454. The highest BCUT2D eigenvalue weighted by Crippen LogP contribution is 2.26. The van der Waals surface area contributed by atoms with E-state index in [1.807, 2.05) is 4.90 Å². The van der Waals surface area contributed by atoms with Gasteiger partial charge in [-0.2, -0.15) is 0 Å². The van der Waals surface area contributed by atoms with Crippen molar-refractivity contribution in [1.82, 2.24) is 4.90 Å². The van der Waals surface area contributed by atoms with Crippen LogP contribution in [0.2, 0.25) is 0 Å². The fourth-order valence-corrected chi connectivity index (χ4v) is 2.37. The average Bonchev–Trinajstić information content (AvgIpc) is 2.47. The van der Waals surface area contributed by atoms with Crippen LogP contribution in [0.1, 0.15) is 23.2 Å². The number of likely N-dealkylation sites (tertiary alicyclic amines) is 1. The Labute approximate surface area is 113 Å². The second-order valence-electron chi connectivity index (χ2n) is 4.65. The van der Waals surface area contributed by atoms with Crippen LogP contribution >= 0.6 is 0 Å². The van der Waals surface area contributed by atoms with Gasteiger partial charge in [0.2, 0.25) is 0 Å².